The van der Waals surface area contributed by atoms with Crippen LogP contribution in [-0.4, -0.2) is 0 Å². The Kier molecular flexibility index (Phi) is 0. The van der Waals surface area contributed by atoms with E-state index < -0.39 is 0 Å². The van der Waals surface area contributed by atoms with Crippen molar-refractivity contribution < 1.29 is 0 Å². The minimum absolute atomic E-state index is 0. The first-order chi connectivity index (χ1) is 7.00. The molecular formula is C26H90. The normalized spacial score (nSPS) is 1.62. The lowest BCUT2D eigenvalue weighted by atomic mass is 11.0. The fourth-order valence-electron chi connectivity index (χ4n) is 0. The summed E-state index contributed by atoms with van der Waals surface area (Å²) in [6, 6.07) is 0. The Labute approximate surface area is 186 Å². The lowest BCUT2D eigenvalue weighted by Crippen LogP contribution is -0.856. The molecule has 0 nitrogen and oxygen atoms in total. The molecule has 0 amide bonds. The van der Waals surface area contributed by atoms with E-state index in [1.54, 1.807) is 0 Å². The lowest BCUT2D eigenvalue weighted by Gasteiger charge is -1.07. The van der Waals surface area contributed by atoms with Gasteiger partial charge in [-0.3, -0.25) is 0 Å². The van der Waals surface area contributed by atoms with Gasteiger partial charge in [0.25, 0.3) is 0 Å². The summed E-state index contributed by atoms with van der Waals surface area (Å²) in [6.07, 6.45) is 0. The van der Waals surface area contributed by atoms with Gasteiger partial charge in [0, 0.05) is 0 Å². The standard InChI is InChI=1S/7C2H6.12CH4/c7*1-2;;;;;;;;;;;;/h7*1-2H3;12*1H4. The van der Waals surface area contributed by atoms with E-state index in [0.29, 0.717) is 0 Å². The van der Waals surface area contributed by atoms with Crippen molar-refractivity contribution in [1.82, 2.24) is 0 Å². The fourth-order valence-corrected chi connectivity index (χ4v) is 0. The maximum atomic E-state index is 2.00. The van der Waals surface area contributed by atoms with Gasteiger partial charge in [0.1, 0.15) is 0 Å². The Bertz CT molecular complexity index is 0. The molecule has 0 saturated heterocycles. The molecule has 0 aliphatic carbocycles. The third-order valence-electron chi connectivity index (χ3n) is 0. The summed E-state index contributed by atoms with van der Waals surface area (Å²) in [4.78, 5) is 0. The first-order valence-electron chi connectivity index (χ1n) is 7.00. The molecule has 26 heavy (non-hydrogen) atoms. The molecule has 0 bridgehead atoms. The minimum Gasteiger partial charge on any atom is -0.0776 e. The molecule has 0 aliphatic heterocycles. The predicted octanol–water partition coefficient (Wildman–Crippen LogP) is 14.8. The second kappa shape index (κ2) is 0. The third kappa shape index (κ3) is 0. The van der Waals surface area contributed by atoms with Gasteiger partial charge in [-0.1, -0.05) is 186 Å². The van der Waals surface area contributed by atoms with E-state index in [4.69, 9.17) is 0 Å². The van der Waals surface area contributed by atoms with Crippen LogP contribution in [0.3, 0.4) is 0 Å². The molecule has 0 spiro atoms. The van der Waals surface area contributed by atoms with Gasteiger partial charge in [-0.15, -0.1) is 0 Å². The van der Waals surface area contributed by atoms with E-state index in [2.05, 4.69) is 0 Å². The zero-order chi connectivity index (χ0) is 14.0. The summed E-state index contributed by atoms with van der Waals surface area (Å²) in [5, 5.41) is 0. The molecule has 0 rings (SSSR count). The van der Waals surface area contributed by atoms with Gasteiger partial charge in [0.2, 0.25) is 0 Å². The summed E-state index contributed by atoms with van der Waals surface area (Å²) in [5.74, 6) is 0. The second-order valence-electron chi connectivity index (χ2n) is 0. The topological polar surface area (TPSA) is 0 Å². The van der Waals surface area contributed by atoms with Gasteiger partial charge in [-0.05, 0) is 0 Å². The molecule has 0 saturated carbocycles. The van der Waals surface area contributed by atoms with Crippen LogP contribution in [0.4, 0.5) is 0 Å². The molecule has 0 fully saturated rings. The zero-order valence-electron chi connectivity index (χ0n) is 14.0. The minimum atomic E-state index is 0. The summed E-state index contributed by atoms with van der Waals surface area (Å²) < 4.78 is 0. The number of hydrogen-bond acceptors (Lipinski definition) is 0. The lowest BCUT2D eigenvalue weighted by molar-refractivity contribution is 1.50. The first kappa shape index (κ1) is 332. The van der Waals surface area contributed by atoms with Crippen molar-refractivity contribution >= 4 is 0 Å². The van der Waals surface area contributed by atoms with Crippen LogP contribution in [0.5, 0.6) is 0 Å². The molecule has 194 valence electrons. The van der Waals surface area contributed by atoms with Crippen LogP contribution < -0.4 is 0 Å². The summed E-state index contributed by atoms with van der Waals surface area (Å²) in [7, 11) is 0. The number of rotatable bonds is 0. The van der Waals surface area contributed by atoms with Crippen molar-refractivity contribution in [3.8, 4) is 0 Å². The van der Waals surface area contributed by atoms with Crippen LogP contribution in [0.25, 0.3) is 0 Å². The van der Waals surface area contributed by atoms with Gasteiger partial charge in [-0.2, -0.15) is 0 Å². The van der Waals surface area contributed by atoms with Gasteiger partial charge in [0.15, 0.2) is 0 Å². The van der Waals surface area contributed by atoms with Crippen LogP contribution in [-0.2, 0) is 0 Å². The van der Waals surface area contributed by atoms with Gasteiger partial charge < -0.3 is 0 Å². The van der Waals surface area contributed by atoms with Crippen LogP contribution in [0.1, 0.15) is 186 Å². The van der Waals surface area contributed by atoms with Crippen LogP contribution >= 0.6 is 0 Å². The summed E-state index contributed by atoms with van der Waals surface area (Å²) in [6.45, 7) is 28.0. The quantitative estimate of drug-likeness (QED) is 0.377. The highest BCUT2D eigenvalue weighted by Crippen LogP contribution is 1.16. The number of hydrogen-bond donors (Lipinski definition) is 0. The van der Waals surface area contributed by atoms with Crippen molar-refractivity contribution in [1.29, 1.82) is 0 Å². The van der Waals surface area contributed by atoms with E-state index in [1.165, 1.54) is 0 Å². The third-order valence-corrected chi connectivity index (χ3v) is 0. The maximum Gasteiger partial charge on any atom is -0.0683 e. The van der Waals surface area contributed by atoms with E-state index in [9.17, 15) is 0 Å². The monoisotopic (exact) mass is 403 g/mol. The molecule has 0 aromatic carbocycles. The molecule has 0 aromatic rings. The molecule has 0 aromatic heterocycles. The molecule has 0 atom stereocenters. The van der Waals surface area contributed by atoms with Gasteiger partial charge in [0.05, 0.1) is 0 Å². The molecule has 0 heteroatoms. The SMILES string of the molecule is C.C.C.C.C.C.C.C.C.C.C.C.CC.CC.CC.CC.CC.CC.CC. The molecule has 0 N–H and O–H groups in total. The summed E-state index contributed by atoms with van der Waals surface area (Å²) in [5.41, 5.74) is 0. The van der Waals surface area contributed by atoms with Crippen molar-refractivity contribution in [2.75, 3.05) is 0 Å². The average Bonchev–Trinajstić information content (AvgIpc) is 2.45. The fraction of sp³-hybridized carbons (Fsp3) is 1.00. The first-order valence-corrected chi connectivity index (χ1v) is 7.00. The van der Waals surface area contributed by atoms with Crippen molar-refractivity contribution in [3.05, 3.63) is 0 Å². The van der Waals surface area contributed by atoms with Crippen LogP contribution in [0, 0.1) is 0 Å². The predicted molar refractivity (Wildman–Crippen MR) is 160 cm³/mol. The molecular weight excluding hydrogens is 312 g/mol. The van der Waals surface area contributed by atoms with E-state index in [1.807, 2.05) is 96.9 Å². The second-order valence-corrected chi connectivity index (χ2v) is 0. The Morgan fingerprint density at radius 1 is 0.115 bits per heavy atom. The Hall–Kier alpha value is 0. The average molecular weight is 403 g/mol. The van der Waals surface area contributed by atoms with Gasteiger partial charge in [-0.25, -0.2) is 0 Å². The Morgan fingerprint density at radius 2 is 0.115 bits per heavy atom. The smallest absolute Gasteiger partial charge is 0.0683 e. The largest absolute Gasteiger partial charge is 0.0776 e. The van der Waals surface area contributed by atoms with Crippen molar-refractivity contribution in [3.63, 3.8) is 0 Å². The highest BCUT2D eigenvalue weighted by atomic mass is 13.0. The maximum absolute atomic E-state index is 2.00. The molecule has 0 heterocycles. The molecule has 0 unspecified atom stereocenters. The summed E-state index contributed by atoms with van der Waals surface area (Å²) >= 11 is 0. The molecule has 0 aliphatic rings. The van der Waals surface area contributed by atoms with E-state index in [-0.39, 0.29) is 89.1 Å². The zero-order valence-corrected chi connectivity index (χ0v) is 14.0. The highest BCUT2D eigenvalue weighted by Gasteiger charge is 0.944. The highest BCUT2D eigenvalue weighted by molar-refractivity contribution is 3.52. The van der Waals surface area contributed by atoms with E-state index in [0.717, 1.165) is 0 Å². The Balaban J connectivity index is -0.00000000120. The van der Waals surface area contributed by atoms with Crippen molar-refractivity contribution in [2.45, 2.75) is 186 Å². The Morgan fingerprint density at radius 3 is 0.115 bits per heavy atom. The van der Waals surface area contributed by atoms with E-state index >= 15 is 0 Å². The van der Waals surface area contributed by atoms with Gasteiger partial charge >= 0.3 is 0 Å². The molecule has 0 radical (unpaired) electrons. The van der Waals surface area contributed by atoms with Crippen LogP contribution in [0.15, 0.2) is 0 Å². The van der Waals surface area contributed by atoms with Crippen LogP contribution in [0.2, 0.25) is 0 Å². The van der Waals surface area contributed by atoms with Crippen molar-refractivity contribution in [2.24, 2.45) is 0 Å².